The van der Waals surface area contributed by atoms with E-state index in [1.807, 2.05) is 29.2 Å². The van der Waals surface area contributed by atoms with Crippen molar-refractivity contribution in [2.75, 3.05) is 26.2 Å². The molecule has 0 spiro atoms. The van der Waals surface area contributed by atoms with Crippen LogP contribution in [0.5, 0.6) is 0 Å². The van der Waals surface area contributed by atoms with E-state index in [1.165, 1.54) is 0 Å². The SMILES string of the molecule is CCNCC1CCN(C(=O)c2coc3ccccc23)CC1. The van der Waals surface area contributed by atoms with Crippen LogP contribution >= 0.6 is 0 Å². The fraction of sp³-hybridized carbons (Fsp3) is 0.471. The predicted molar refractivity (Wildman–Crippen MR) is 83.4 cm³/mol. The average molecular weight is 286 g/mol. The highest BCUT2D eigenvalue weighted by atomic mass is 16.3. The molecule has 4 heteroatoms. The van der Waals surface area contributed by atoms with E-state index in [1.54, 1.807) is 6.26 Å². The van der Waals surface area contributed by atoms with Gasteiger partial charge in [0.2, 0.25) is 0 Å². The number of furan rings is 1. The van der Waals surface area contributed by atoms with Crippen LogP contribution < -0.4 is 5.32 Å². The monoisotopic (exact) mass is 286 g/mol. The Morgan fingerprint density at radius 1 is 1.33 bits per heavy atom. The van der Waals surface area contributed by atoms with Gasteiger partial charge in [0.1, 0.15) is 11.8 Å². The van der Waals surface area contributed by atoms with Crippen molar-refractivity contribution >= 4 is 16.9 Å². The molecule has 0 atom stereocenters. The second-order valence-electron chi connectivity index (χ2n) is 5.69. The zero-order valence-electron chi connectivity index (χ0n) is 12.5. The number of benzene rings is 1. The molecule has 1 aromatic carbocycles. The first-order chi connectivity index (χ1) is 10.3. The van der Waals surface area contributed by atoms with Gasteiger partial charge in [-0.15, -0.1) is 0 Å². The molecule has 2 aromatic rings. The lowest BCUT2D eigenvalue weighted by atomic mass is 9.96. The number of carbonyl (C=O) groups is 1. The molecule has 21 heavy (non-hydrogen) atoms. The number of nitrogens with zero attached hydrogens (tertiary/aromatic N) is 1. The molecule has 4 nitrogen and oxygen atoms in total. The lowest BCUT2D eigenvalue weighted by Crippen LogP contribution is -2.40. The summed E-state index contributed by atoms with van der Waals surface area (Å²) in [5, 5.41) is 4.31. The van der Waals surface area contributed by atoms with Crippen LogP contribution in [-0.2, 0) is 0 Å². The molecule has 1 fully saturated rings. The van der Waals surface area contributed by atoms with Gasteiger partial charge in [-0.05, 0) is 37.9 Å². The lowest BCUT2D eigenvalue weighted by molar-refractivity contribution is 0.0691. The number of piperidine rings is 1. The van der Waals surface area contributed by atoms with Crippen LogP contribution in [0.4, 0.5) is 0 Å². The minimum absolute atomic E-state index is 0.0989. The van der Waals surface area contributed by atoms with Gasteiger partial charge < -0.3 is 14.6 Å². The molecule has 0 saturated carbocycles. The van der Waals surface area contributed by atoms with Crippen molar-refractivity contribution in [3.63, 3.8) is 0 Å². The molecule has 2 heterocycles. The molecule has 3 rings (SSSR count). The Hall–Kier alpha value is -1.81. The first-order valence-corrected chi connectivity index (χ1v) is 7.75. The number of hydrogen-bond acceptors (Lipinski definition) is 3. The van der Waals surface area contributed by atoms with Gasteiger partial charge in [-0.1, -0.05) is 25.1 Å². The number of nitrogens with one attached hydrogen (secondary N) is 1. The first-order valence-electron chi connectivity index (χ1n) is 7.75. The Kier molecular flexibility index (Phi) is 4.25. The maximum Gasteiger partial charge on any atom is 0.257 e. The maximum atomic E-state index is 12.6. The number of amides is 1. The van der Waals surface area contributed by atoms with E-state index in [0.717, 1.165) is 50.0 Å². The number of carbonyl (C=O) groups excluding carboxylic acids is 1. The second kappa shape index (κ2) is 6.31. The topological polar surface area (TPSA) is 45.5 Å². The first kappa shape index (κ1) is 14.1. The van der Waals surface area contributed by atoms with Crippen LogP contribution in [0.2, 0.25) is 0 Å². The molecule has 1 saturated heterocycles. The van der Waals surface area contributed by atoms with Gasteiger partial charge >= 0.3 is 0 Å². The van der Waals surface area contributed by atoms with Crippen molar-refractivity contribution in [3.05, 3.63) is 36.1 Å². The third-order valence-electron chi connectivity index (χ3n) is 4.30. The van der Waals surface area contributed by atoms with E-state index < -0.39 is 0 Å². The summed E-state index contributed by atoms with van der Waals surface area (Å²) in [5.74, 6) is 0.789. The van der Waals surface area contributed by atoms with Crippen molar-refractivity contribution in [1.29, 1.82) is 0 Å². The molecular formula is C17H22N2O2. The number of fused-ring (bicyclic) bond motifs is 1. The Bertz CT molecular complexity index is 612. The van der Waals surface area contributed by atoms with Crippen LogP contribution in [0.1, 0.15) is 30.1 Å². The van der Waals surface area contributed by atoms with Crippen molar-refractivity contribution in [3.8, 4) is 0 Å². The Labute approximate surface area is 125 Å². The molecular weight excluding hydrogens is 264 g/mol. The van der Waals surface area contributed by atoms with Gasteiger partial charge in [-0.25, -0.2) is 0 Å². The van der Waals surface area contributed by atoms with Crippen molar-refractivity contribution in [1.82, 2.24) is 10.2 Å². The van der Waals surface area contributed by atoms with E-state index in [0.29, 0.717) is 11.5 Å². The Morgan fingerprint density at radius 3 is 2.86 bits per heavy atom. The Balaban J connectivity index is 1.67. The summed E-state index contributed by atoms with van der Waals surface area (Å²) in [6, 6.07) is 7.71. The van der Waals surface area contributed by atoms with E-state index in [2.05, 4.69) is 12.2 Å². The molecule has 0 unspecified atom stereocenters. The van der Waals surface area contributed by atoms with Gasteiger partial charge in [0, 0.05) is 18.5 Å². The summed E-state index contributed by atoms with van der Waals surface area (Å²) in [7, 11) is 0. The molecule has 1 aliphatic rings. The van der Waals surface area contributed by atoms with Gasteiger partial charge in [-0.2, -0.15) is 0 Å². The standard InChI is InChI=1S/C17H22N2O2/c1-2-18-11-13-7-9-19(10-8-13)17(20)15-12-21-16-6-4-3-5-14(15)16/h3-6,12-13,18H,2,7-11H2,1H3. The molecule has 1 aliphatic heterocycles. The van der Waals surface area contributed by atoms with Crippen molar-refractivity contribution in [2.24, 2.45) is 5.92 Å². The van der Waals surface area contributed by atoms with Gasteiger partial charge in [0.15, 0.2) is 0 Å². The second-order valence-corrected chi connectivity index (χ2v) is 5.69. The largest absolute Gasteiger partial charge is 0.463 e. The number of para-hydroxylation sites is 1. The maximum absolute atomic E-state index is 12.6. The van der Waals surface area contributed by atoms with Gasteiger partial charge in [0.25, 0.3) is 5.91 Å². The van der Waals surface area contributed by atoms with Gasteiger partial charge in [0.05, 0.1) is 5.56 Å². The van der Waals surface area contributed by atoms with E-state index in [9.17, 15) is 4.79 Å². The molecule has 112 valence electrons. The zero-order chi connectivity index (χ0) is 14.7. The zero-order valence-corrected chi connectivity index (χ0v) is 12.5. The van der Waals surface area contributed by atoms with Crippen molar-refractivity contribution < 1.29 is 9.21 Å². The summed E-state index contributed by atoms with van der Waals surface area (Å²) in [6.07, 6.45) is 3.75. The highest BCUT2D eigenvalue weighted by Crippen LogP contribution is 2.24. The van der Waals surface area contributed by atoms with Crippen LogP contribution in [0.3, 0.4) is 0 Å². The third kappa shape index (κ3) is 2.95. The Morgan fingerprint density at radius 2 is 2.10 bits per heavy atom. The van der Waals surface area contributed by atoms with Gasteiger partial charge in [-0.3, -0.25) is 4.79 Å². The molecule has 1 aromatic heterocycles. The summed E-state index contributed by atoms with van der Waals surface area (Å²) < 4.78 is 5.48. The lowest BCUT2D eigenvalue weighted by Gasteiger charge is -2.32. The highest BCUT2D eigenvalue weighted by molar-refractivity contribution is 6.05. The normalized spacial score (nSPS) is 16.5. The van der Waals surface area contributed by atoms with Crippen LogP contribution in [0.15, 0.2) is 34.9 Å². The highest BCUT2D eigenvalue weighted by Gasteiger charge is 2.25. The molecule has 0 aliphatic carbocycles. The summed E-state index contributed by atoms with van der Waals surface area (Å²) >= 11 is 0. The summed E-state index contributed by atoms with van der Waals surface area (Å²) in [5.41, 5.74) is 1.47. The van der Waals surface area contributed by atoms with Crippen LogP contribution in [0.25, 0.3) is 11.0 Å². The average Bonchev–Trinajstić information content (AvgIpc) is 2.97. The molecule has 0 bridgehead atoms. The third-order valence-corrected chi connectivity index (χ3v) is 4.30. The van der Waals surface area contributed by atoms with Crippen LogP contribution in [-0.4, -0.2) is 37.0 Å². The fourth-order valence-corrected chi connectivity index (χ4v) is 3.00. The predicted octanol–water partition coefficient (Wildman–Crippen LogP) is 2.89. The summed E-state index contributed by atoms with van der Waals surface area (Å²) in [6.45, 7) is 5.89. The molecule has 0 radical (unpaired) electrons. The quantitative estimate of drug-likeness (QED) is 0.940. The number of hydrogen-bond donors (Lipinski definition) is 1. The minimum atomic E-state index is 0.0989. The summed E-state index contributed by atoms with van der Waals surface area (Å²) in [4.78, 5) is 14.6. The smallest absolute Gasteiger partial charge is 0.257 e. The number of likely N-dealkylation sites (tertiary alicyclic amines) is 1. The number of rotatable bonds is 4. The van der Waals surface area contributed by atoms with E-state index in [4.69, 9.17) is 4.42 Å². The molecule has 1 N–H and O–H groups in total. The minimum Gasteiger partial charge on any atom is -0.463 e. The molecule has 1 amide bonds. The fourth-order valence-electron chi connectivity index (χ4n) is 3.00. The van der Waals surface area contributed by atoms with E-state index in [-0.39, 0.29) is 5.91 Å². The van der Waals surface area contributed by atoms with E-state index >= 15 is 0 Å². The van der Waals surface area contributed by atoms with Crippen LogP contribution in [0, 0.1) is 5.92 Å². The van der Waals surface area contributed by atoms with Crippen molar-refractivity contribution in [2.45, 2.75) is 19.8 Å².